The summed E-state index contributed by atoms with van der Waals surface area (Å²) in [6.45, 7) is 7.26. The summed E-state index contributed by atoms with van der Waals surface area (Å²) >= 11 is 1.72. The van der Waals surface area contributed by atoms with Gasteiger partial charge >= 0.3 is 0 Å². The number of anilines is 1. The Labute approximate surface area is 153 Å². The van der Waals surface area contributed by atoms with Crippen molar-refractivity contribution in [3.8, 4) is 5.75 Å². The number of rotatable bonds is 2. The minimum absolute atomic E-state index is 0.144. The first-order valence-corrected chi connectivity index (χ1v) is 9.66. The number of likely N-dealkylation sites (tertiary alicyclic amines) is 1. The highest BCUT2D eigenvalue weighted by atomic mass is 32.2. The third-order valence-corrected chi connectivity index (χ3v) is 6.44. The normalized spacial score (nSPS) is 20.2. The molecule has 1 spiro atoms. The zero-order valence-corrected chi connectivity index (χ0v) is 16.2. The van der Waals surface area contributed by atoms with Gasteiger partial charge in [-0.1, -0.05) is 20.8 Å². The molecule has 2 heterocycles. The second-order valence-corrected chi connectivity index (χ2v) is 9.04. The lowest BCUT2D eigenvalue weighted by molar-refractivity contribution is -0.140. The van der Waals surface area contributed by atoms with Gasteiger partial charge in [0.15, 0.2) is 0 Å². The maximum Gasteiger partial charge on any atom is 0.238 e. The summed E-state index contributed by atoms with van der Waals surface area (Å²) in [5, 5.41) is 0. The number of piperidine rings is 1. The van der Waals surface area contributed by atoms with Crippen LogP contribution >= 0.6 is 11.8 Å². The summed E-state index contributed by atoms with van der Waals surface area (Å²) in [5.74, 6) is 1.61. The molecule has 1 aromatic carbocycles. The molecule has 2 aliphatic rings. The van der Waals surface area contributed by atoms with Crippen molar-refractivity contribution < 1.29 is 14.3 Å². The highest BCUT2D eigenvalue weighted by molar-refractivity contribution is 8.02. The third kappa shape index (κ3) is 3.36. The Morgan fingerprint density at radius 2 is 1.76 bits per heavy atom. The summed E-state index contributed by atoms with van der Waals surface area (Å²) in [5.41, 5.74) is 0.546. The minimum atomic E-state index is -0.362. The number of hydrogen-bond donors (Lipinski definition) is 0. The number of ether oxygens (including phenoxy) is 1. The number of thioether (sulfide) groups is 1. The van der Waals surface area contributed by atoms with E-state index in [4.69, 9.17) is 4.74 Å². The monoisotopic (exact) mass is 362 g/mol. The van der Waals surface area contributed by atoms with E-state index >= 15 is 0 Å². The van der Waals surface area contributed by atoms with Crippen molar-refractivity contribution in [1.29, 1.82) is 0 Å². The molecule has 1 aromatic rings. The van der Waals surface area contributed by atoms with Gasteiger partial charge in [0.1, 0.15) is 5.75 Å². The van der Waals surface area contributed by atoms with E-state index in [9.17, 15) is 9.59 Å². The van der Waals surface area contributed by atoms with Gasteiger partial charge in [0, 0.05) is 24.2 Å². The van der Waals surface area contributed by atoms with E-state index in [1.807, 2.05) is 54.8 Å². The fourth-order valence-electron chi connectivity index (χ4n) is 3.56. The van der Waals surface area contributed by atoms with E-state index in [0.717, 1.165) is 24.3 Å². The van der Waals surface area contributed by atoms with Gasteiger partial charge in [0.2, 0.25) is 11.8 Å². The van der Waals surface area contributed by atoms with Gasteiger partial charge in [-0.2, -0.15) is 0 Å². The molecule has 0 saturated carbocycles. The summed E-state index contributed by atoms with van der Waals surface area (Å²) in [4.78, 5) is 28.8. The summed E-state index contributed by atoms with van der Waals surface area (Å²) in [6, 6.07) is 7.66. The van der Waals surface area contributed by atoms with Gasteiger partial charge in [-0.15, -0.1) is 11.8 Å². The van der Waals surface area contributed by atoms with Crippen LogP contribution in [0.5, 0.6) is 5.75 Å². The molecule has 0 unspecified atom stereocenters. The predicted octanol–water partition coefficient (Wildman–Crippen LogP) is 3.14. The number of amides is 2. The molecule has 136 valence electrons. The SMILES string of the molecule is COc1ccc(N2C(=O)CSC23CCN(C(=O)C(C)(C)C)CC3)cc1. The molecule has 0 bridgehead atoms. The van der Waals surface area contributed by atoms with Gasteiger partial charge < -0.3 is 9.64 Å². The molecule has 25 heavy (non-hydrogen) atoms. The van der Waals surface area contributed by atoms with Crippen molar-refractivity contribution >= 4 is 29.3 Å². The van der Waals surface area contributed by atoms with Crippen molar-refractivity contribution in [3.63, 3.8) is 0 Å². The van der Waals surface area contributed by atoms with Crippen LogP contribution in [0.25, 0.3) is 0 Å². The molecule has 0 N–H and O–H groups in total. The molecule has 2 aliphatic heterocycles. The average molecular weight is 362 g/mol. The van der Waals surface area contributed by atoms with Crippen LogP contribution in [-0.2, 0) is 9.59 Å². The Balaban J connectivity index is 1.79. The van der Waals surface area contributed by atoms with Crippen LogP contribution in [0.15, 0.2) is 24.3 Å². The highest BCUT2D eigenvalue weighted by Gasteiger charge is 2.49. The molecule has 3 rings (SSSR count). The van der Waals surface area contributed by atoms with Crippen molar-refractivity contribution in [2.75, 3.05) is 30.9 Å². The highest BCUT2D eigenvalue weighted by Crippen LogP contribution is 2.47. The number of nitrogens with zero attached hydrogens (tertiary/aromatic N) is 2. The molecule has 2 fully saturated rings. The lowest BCUT2D eigenvalue weighted by Gasteiger charge is -2.45. The van der Waals surface area contributed by atoms with Crippen molar-refractivity contribution in [1.82, 2.24) is 4.90 Å². The first-order valence-electron chi connectivity index (χ1n) is 8.67. The van der Waals surface area contributed by atoms with Crippen LogP contribution in [0, 0.1) is 5.41 Å². The molecule has 0 aromatic heterocycles. The van der Waals surface area contributed by atoms with E-state index in [1.54, 1.807) is 18.9 Å². The Morgan fingerprint density at radius 1 is 1.16 bits per heavy atom. The Bertz CT molecular complexity index is 658. The largest absolute Gasteiger partial charge is 0.497 e. The molecule has 5 nitrogen and oxygen atoms in total. The average Bonchev–Trinajstić information content (AvgIpc) is 2.90. The van der Waals surface area contributed by atoms with Gasteiger partial charge in [0.05, 0.1) is 17.7 Å². The van der Waals surface area contributed by atoms with Crippen LogP contribution in [0.1, 0.15) is 33.6 Å². The van der Waals surface area contributed by atoms with E-state index in [0.29, 0.717) is 18.8 Å². The number of hydrogen-bond acceptors (Lipinski definition) is 4. The van der Waals surface area contributed by atoms with Crippen LogP contribution in [0.2, 0.25) is 0 Å². The fourth-order valence-corrected chi connectivity index (χ4v) is 4.89. The lowest BCUT2D eigenvalue weighted by atomic mass is 9.92. The number of methoxy groups -OCH3 is 1. The molecule has 0 atom stereocenters. The Morgan fingerprint density at radius 3 is 2.28 bits per heavy atom. The molecular formula is C19H26N2O3S. The smallest absolute Gasteiger partial charge is 0.238 e. The van der Waals surface area contributed by atoms with Crippen molar-refractivity contribution in [3.05, 3.63) is 24.3 Å². The van der Waals surface area contributed by atoms with Crippen LogP contribution in [0.4, 0.5) is 5.69 Å². The zero-order chi connectivity index (χ0) is 18.2. The fraction of sp³-hybridized carbons (Fsp3) is 0.579. The summed E-state index contributed by atoms with van der Waals surface area (Å²) in [6.07, 6.45) is 1.61. The minimum Gasteiger partial charge on any atom is -0.497 e. The van der Waals surface area contributed by atoms with Crippen LogP contribution in [-0.4, -0.2) is 47.5 Å². The van der Waals surface area contributed by atoms with Crippen molar-refractivity contribution in [2.24, 2.45) is 5.41 Å². The zero-order valence-electron chi connectivity index (χ0n) is 15.4. The van der Waals surface area contributed by atoms with Gasteiger partial charge in [-0.05, 0) is 37.1 Å². The Kier molecular flexibility index (Phi) is 4.75. The van der Waals surface area contributed by atoms with E-state index in [2.05, 4.69) is 0 Å². The molecular weight excluding hydrogens is 336 g/mol. The maximum absolute atomic E-state index is 12.6. The second-order valence-electron chi connectivity index (χ2n) is 7.70. The van der Waals surface area contributed by atoms with E-state index in [-0.39, 0.29) is 22.1 Å². The Hall–Kier alpha value is -1.69. The topological polar surface area (TPSA) is 49.9 Å². The number of carbonyl (C=O) groups is 2. The molecule has 0 aliphatic carbocycles. The number of benzene rings is 1. The predicted molar refractivity (Wildman–Crippen MR) is 101 cm³/mol. The van der Waals surface area contributed by atoms with Gasteiger partial charge in [-0.25, -0.2) is 0 Å². The first kappa shape index (κ1) is 18.1. The van der Waals surface area contributed by atoms with Crippen LogP contribution in [0.3, 0.4) is 0 Å². The quantitative estimate of drug-likeness (QED) is 0.811. The lowest BCUT2D eigenvalue weighted by Crippen LogP contribution is -2.54. The van der Waals surface area contributed by atoms with Gasteiger partial charge in [0.25, 0.3) is 0 Å². The molecule has 2 saturated heterocycles. The standard InChI is InChI=1S/C19H26N2O3S/c1-18(2,3)17(23)20-11-9-19(10-12-20)21(16(22)13-25-19)14-5-7-15(24-4)8-6-14/h5-8H,9-13H2,1-4H3. The molecule has 6 heteroatoms. The molecule has 2 amide bonds. The first-order chi connectivity index (χ1) is 11.8. The second kappa shape index (κ2) is 6.56. The van der Waals surface area contributed by atoms with Gasteiger partial charge in [-0.3, -0.25) is 14.5 Å². The van der Waals surface area contributed by atoms with E-state index in [1.165, 1.54) is 0 Å². The summed E-state index contributed by atoms with van der Waals surface area (Å²) < 4.78 is 5.22. The molecule has 0 radical (unpaired) electrons. The third-order valence-electron chi connectivity index (χ3n) is 4.93. The van der Waals surface area contributed by atoms with Crippen LogP contribution < -0.4 is 9.64 Å². The maximum atomic E-state index is 12.6. The number of carbonyl (C=O) groups excluding carboxylic acids is 2. The van der Waals surface area contributed by atoms with Crippen molar-refractivity contribution in [2.45, 2.75) is 38.5 Å². The van der Waals surface area contributed by atoms with E-state index < -0.39 is 0 Å². The summed E-state index contributed by atoms with van der Waals surface area (Å²) in [7, 11) is 1.63.